The summed E-state index contributed by atoms with van der Waals surface area (Å²) in [6.45, 7) is 1.56. The largest absolute Gasteiger partial charge is 0.497 e. The number of hydrogen-bond donors (Lipinski definition) is 1. The van der Waals surface area contributed by atoms with Gasteiger partial charge in [0.25, 0.3) is 5.89 Å². The molecule has 0 spiro atoms. The van der Waals surface area contributed by atoms with Crippen LogP contribution in [0.1, 0.15) is 36.9 Å². The van der Waals surface area contributed by atoms with Gasteiger partial charge in [0.2, 0.25) is 0 Å². The summed E-state index contributed by atoms with van der Waals surface area (Å²) in [5.74, 6) is 5.31. The number of aromatic nitrogens is 2. The van der Waals surface area contributed by atoms with E-state index in [0.717, 1.165) is 11.9 Å². The molecule has 1 saturated heterocycles. The van der Waals surface area contributed by atoms with Crippen LogP contribution in [0.25, 0.3) is 10.9 Å². The topological polar surface area (TPSA) is 88.7 Å². The first-order chi connectivity index (χ1) is 16.0. The maximum atomic E-state index is 15.3. The summed E-state index contributed by atoms with van der Waals surface area (Å²) in [6.07, 6.45) is 4.83. The predicted molar refractivity (Wildman–Crippen MR) is 120 cm³/mol. The predicted octanol–water partition coefficient (Wildman–Crippen LogP) is 4.10. The van der Waals surface area contributed by atoms with Gasteiger partial charge in [-0.2, -0.15) is 0 Å². The van der Waals surface area contributed by atoms with Gasteiger partial charge < -0.3 is 14.3 Å². The Morgan fingerprint density at radius 3 is 3.00 bits per heavy atom. The summed E-state index contributed by atoms with van der Waals surface area (Å²) in [7, 11) is 1.57. The third kappa shape index (κ3) is 5.49. The molecule has 1 fully saturated rings. The summed E-state index contributed by atoms with van der Waals surface area (Å²) in [5, 5.41) is 10.5. The smallest absolute Gasteiger partial charge is 0.308 e. The SMILES string of the molecule is COc1ccc2nccc(C(F)CC[C@@H]3CCN(CC#Cc4ncco4)C[C@@H]3C(=O)O)c2c1. The normalized spacial score (nSPS) is 19.6. The van der Waals surface area contributed by atoms with Crippen LogP contribution < -0.4 is 4.74 Å². The van der Waals surface area contributed by atoms with Crippen molar-refractivity contribution in [1.29, 1.82) is 0 Å². The summed E-state index contributed by atoms with van der Waals surface area (Å²) in [6, 6.07) is 7.09. The van der Waals surface area contributed by atoms with Crippen LogP contribution in [0.4, 0.5) is 4.39 Å². The Morgan fingerprint density at radius 2 is 2.24 bits per heavy atom. The van der Waals surface area contributed by atoms with Crippen molar-refractivity contribution in [1.82, 2.24) is 14.9 Å². The molecule has 0 aliphatic carbocycles. The number of ether oxygens (including phenoxy) is 1. The Labute approximate surface area is 191 Å². The van der Waals surface area contributed by atoms with Crippen LogP contribution >= 0.6 is 0 Å². The Kier molecular flexibility index (Phi) is 7.20. The van der Waals surface area contributed by atoms with Crippen molar-refractivity contribution in [2.75, 3.05) is 26.7 Å². The monoisotopic (exact) mass is 451 g/mol. The number of oxazole rings is 1. The highest BCUT2D eigenvalue weighted by Crippen LogP contribution is 2.35. The highest BCUT2D eigenvalue weighted by Gasteiger charge is 2.34. The van der Waals surface area contributed by atoms with E-state index in [1.54, 1.807) is 31.5 Å². The van der Waals surface area contributed by atoms with Crippen molar-refractivity contribution in [3.8, 4) is 17.6 Å². The second kappa shape index (κ2) is 10.5. The Bertz CT molecular complexity index is 1160. The minimum atomic E-state index is -1.21. The van der Waals surface area contributed by atoms with Gasteiger partial charge >= 0.3 is 5.97 Å². The van der Waals surface area contributed by atoms with Gasteiger partial charge in [-0.1, -0.05) is 5.92 Å². The molecular weight excluding hydrogens is 425 g/mol. The molecule has 33 heavy (non-hydrogen) atoms. The quantitative estimate of drug-likeness (QED) is 0.541. The number of nitrogens with zero attached hydrogens (tertiary/aromatic N) is 3. The lowest BCUT2D eigenvalue weighted by Crippen LogP contribution is -2.44. The molecule has 0 saturated carbocycles. The lowest BCUT2D eigenvalue weighted by atomic mass is 9.81. The lowest BCUT2D eigenvalue weighted by Gasteiger charge is -2.35. The maximum Gasteiger partial charge on any atom is 0.308 e. The van der Waals surface area contributed by atoms with Crippen molar-refractivity contribution in [2.45, 2.75) is 25.4 Å². The van der Waals surface area contributed by atoms with Crippen LogP contribution in [0.5, 0.6) is 5.75 Å². The fraction of sp³-hybridized carbons (Fsp3) is 0.400. The van der Waals surface area contributed by atoms with E-state index >= 15 is 4.39 Å². The number of halogens is 1. The first-order valence-corrected chi connectivity index (χ1v) is 11.0. The van der Waals surface area contributed by atoms with E-state index in [4.69, 9.17) is 9.15 Å². The number of methoxy groups -OCH3 is 1. The average Bonchev–Trinajstić information content (AvgIpc) is 3.35. The Hall–Kier alpha value is -3.44. The standard InChI is InChI=1S/C25H26FN3O4/c1-32-18-5-7-23-20(15-18)19(8-10-27-23)22(26)6-4-17-9-13-29(16-21(17)25(30)31)12-2-3-24-28-11-14-33-24/h5,7-8,10-11,14-15,17,21-22H,4,6,9,12-13,16H2,1H3,(H,30,31)/t17-,21+,22?/m1/s1. The Morgan fingerprint density at radius 1 is 1.36 bits per heavy atom. The van der Waals surface area contributed by atoms with Crippen LogP contribution in [0.3, 0.4) is 0 Å². The number of aliphatic carboxylic acids is 1. The molecule has 7 nitrogen and oxygen atoms in total. The molecule has 1 aromatic carbocycles. The first kappa shape index (κ1) is 22.7. The van der Waals surface area contributed by atoms with Gasteiger partial charge in [0.1, 0.15) is 18.2 Å². The number of benzene rings is 1. The zero-order valence-corrected chi connectivity index (χ0v) is 18.4. The molecule has 1 unspecified atom stereocenters. The summed E-state index contributed by atoms with van der Waals surface area (Å²) >= 11 is 0. The first-order valence-electron chi connectivity index (χ1n) is 11.0. The molecule has 3 atom stereocenters. The molecule has 3 heterocycles. The molecule has 3 aromatic rings. The third-order valence-electron chi connectivity index (χ3n) is 6.20. The second-order valence-corrected chi connectivity index (χ2v) is 8.20. The molecule has 4 rings (SSSR count). The van der Waals surface area contributed by atoms with Crippen molar-refractivity contribution < 1.29 is 23.4 Å². The van der Waals surface area contributed by atoms with Crippen LogP contribution in [0.2, 0.25) is 0 Å². The molecule has 1 N–H and O–H groups in total. The number of pyridine rings is 1. The summed E-state index contributed by atoms with van der Waals surface area (Å²) in [5.41, 5.74) is 1.27. The highest BCUT2D eigenvalue weighted by molar-refractivity contribution is 5.83. The van der Waals surface area contributed by atoms with E-state index in [9.17, 15) is 9.90 Å². The number of carbonyl (C=O) groups is 1. The van der Waals surface area contributed by atoms with Gasteiger partial charge in [0.05, 0.1) is 31.3 Å². The average molecular weight is 451 g/mol. The van der Waals surface area contributed by atoms with E-state index in [0.29, 0.717) is 48.7 Å². The second-order valence-electron chi connectivity index (χ2n) is 8.20. The number of carboxylic acids is 1. The molecule has 2 aromatic heterocycles. The van der Waals surface area contributed by atoms with Gasteiger partial charge in [0.15, 0.2) is 0 Å². The molecule has 1 aliphatic heterocycles. The highest BCUT2D eigenvalue weighted by atomic mass is 19.1. The van der Waals surface area contributed by atoms with Crippen LogP contribution in [-0.4, -0.2) is 52.7 Å². The van der Waals surface area contributed by atoms with E-state index in [-0.39, 0.29) is 12.3 Å². The van der Waals surface area contributed by atoms with Gasteiger partial charge in [-0.15, -0.1) is 0 Å². The van der Waals surface area contributed by atoms with Gasteiger partial charge in [0, 0.05) is 18.1 Å². The fourth-order valence-corrected chi connectivity index (χ4v) is 4.41. The van der Waals surface area contributed by atoms with E-state index in [2.05, 4.69) is 21.8 Å². The minimum absolute atomic E-state index is 0.0839. The Balaban J connectivity index is 1.38. The third-order valence-corrected chi connectivity index (χ3v) is 6.20. The molecule has 1 aliphatic rings. The fourth-order valence-electron chi connectivity index (χ4n) is 4.41. The van der Waals surface area contributed by atoms with Crippen LogP contribution in [-0.2, 0) is 4.79 Å². The van der Waals surface area contributed by atoms with E-state index < -0.39 is 18.1 Å². The zero-order chi connectivity index (χ0) is 23.2. The molecule has 0 amide bonds. The maximum absolute atomic E-state index is 15.3. The van der Waals surface area contributed by atoms with Crippen molar-refractivity contribution in [2.24, 2.45) is 11.8 Å². The van der Waals surface area contributed by atoms with Crippen molar-refractivity contribution in [3.05, 3.63) is 54.4 Å². The number of fused-ring (bicyclic) bond motifs is 1. The number of piperidine rings is 1. The molecule has 172 valence electrons. The zero-order valence-electron chi connectivity index (χ0n) is 18.4. The minimum Gasteiger partial charge on any atom is -0.497 e. The van der Waals surface area contributed by atoms with Crippen LogP contribution in [0.15, 0.2) is 47.3 Å². The van der Waals surface area contributed by atoms with Gasteiger partial charge in [-0.25, -0.2) is 9.37 Å². The molecular formula is C25H26FN3O4. The summed E-state index contributed by atoms with van der Waals surface area (Å²) < 4.78 is 25.7. The molecule has 0 radical (unpaired) electrons. The number of rotatable bonds is 7. The van der Waals surface area contributed by atoms with Crippen LogP contribution in [0, 0.1) is 23.7 Å². The lowest BCUT2D eigenvalue weighted by molar-refractivity contribution is -0.146. The molecule has 8 heteroatoms. The summed E-state index contributed by atoms with van der Waals surface area (Å²) in [4.78, 5) is 22.2. The number of hydrogen-bond acceptors (Lipinski definition) is 6. The molecule has 0 bridgehead atoms. The van der Waals surface area contributed by atoms with Gasteiger partial charge in [-0.3, -0.25) is 14.7 Å². The van der Waals surface area contributed by atoms with Gasteiger partial charge in [-0.05, 0) is 67.5 Å². The number of likely N-dealkylation sites (tertiary alicyclic amines) is 1. The van der Waals surface area contributed by atoms with Crippen molar-refractivity contribution in [3.63, 3.8) is 0 Å². The van der Waals surface area contributed by atoms with E-state index in [1.807, 2.05) is 11.0 Å². The number of carboxylic acid groups (broad SMARTS) is 1. The van der Waals surface area contributed by atoms with E-state index in [1.165, 1.54) is 12.5 Å². The van der Waals surface area contributed by atoms with Crippen molar-refractivity contribution >= 4 is 16.9 Å². The number of alkyl halides is 1.